The van der Waals surface area contributed by atoms with Gasteiger partial charge in [-0.05, 0) is 68.1 Å². The Labute approximate surface area is 211 Å². The summed E-state index contributed by atoms with van der Waals surface area (Å²) in [4.78, 5) is 46.6. The number of rotatable bonds is 2. The molecule has 1 spiro atoms. The molecule has 8 heteroatoms. The van der Waals surface area contributed by atoms with Crippen molar-refractivity contribution in [1.29, 1.82) is 0 Å². The Bertz CT molecular complexity index is 1190. The first kappa shape index (κ1) is 23.0. The highest BCUT2D eigenvalue weighted by molar-refractivity contribution is 6.12. The van der Waals surface area contributed by atoms with Gasteiger partial charge in [0.15, 0.2) is 0 Å². The van der Waals surface area contributed by atoms with E-state index in [1.807, 2.05) is 53.4 Å². The summed E-state index contributed by atoms with van der Waals surface area (Å²) < 4.78 is 5.99. The Morgan fingerprint density at radius 3 is 2.72 bits per heavy atom. The maximum Gasteiger partial charge on any atom is 0.240 e. The molecule has 0 aromatic heterocycles. The van der Waals surface area contributed by atoms with Crippen LogP contribution in [0.3, 0.4) is 0 Å². The number of nitrogens with zero attached hydrogens (tertiary/aromatic N) is 3. The van der Waals surface area contributed by atoms with Gasteiger partial charge in [-0.3, -0.25) is 19.3 Å². The highest BCUT2D eigenvalue weighted by atomic mass is 16.5. The number of benzene rings is 2. The van der Waals surface area contributed by atoms with Crippen LogP contribution in [0.5, 0.6) is 5.75 Å². The number of hydrogen-bond acceptors (Lipinski definition) is 5. The van der Waals surface area contributed by atoms with Crippen LogP contribution in [0.25, 0.3) is 0 Å². The summed E-state index contributed by atoms with van der Waals surface area (Å²) in [5.41, 5.74) is 1.61. The van der Waals surface area contributed by atoms with Crippen molar-refractivity contribution in [2.24, 2.45) is 0 Å². The Balaban J connectivity index is 1.48. The first-order valence-electron chi connectivity index (χ1n) is 13.0. The van der Waals surface area contributed by atoms with E-state index in [1.165, 1.54) is 0 Å². The van der Waals surface area contributed by atoms with Gasteiger partial charge in [0.25, 0.3) is 0 Å². The van der Waals surface area contributed by atoms with Gasteiger partial charge in [-0.2, -0.15) is 0 Å². The molecule has 8 nitrogen and oxygen atoms in total. The van der Waals surface area contributed by atoms with Gasteiger partial charge in [-0.25, -0.2) is 0 Å². The fourth-order valence-corrected chi connectivity index (χ4v) is 6.46. The molecule has 2 saturated heterocycles. The number of anilines is 1. The number of nitrogens with one attached hydrogen (secondary N) is 1. The number of fused-ring (bicyclic) bond motifs is 6. The third-order valence-electron chi connectivity index (χ3n) is 8.09. The first-order chi connectivity index (χ1) is 17.6. The first-order valence-corrected chi connectivity index (χ1v) is 13.0. The van der Waals surface area contributed by atoms with E-state index in [4.69, 9.17) is 4.74 Å². The molecule has 0 radical (unpaired) electrons. The molecule has 2 fully saturated rings. The van der Waals surface area contributed by atoms with Crippen molar-refractivity contribution in [1.82, 2.24) is 15.1 Å². The van der Waals surface area contributed by atoms with Crippen molar-refractivity contribution in [3.8, 4) is 5.75 Å². The summed E-state index contributed by atoms with van der Waals surface area (Å²) in [5.74, 6) is 0.458. The molecule has 4 bridgehead atoms. The number of ether oxygens (including phenoxy) is 1. The monoisotopic (exact) mass is 488 g/mol. The normalized spacial score (nSPS) is 26.2. The molecule has 6 rings (SSSR count). The fraction of sp³-hybridized carbons (Fsp3) is 0.464. The summed E-state index contributed by atoms with van der Waals surface area (Å²) in [6.07, 6.45) is 3.41. The highest BCUT2D eigenvalue weighted by Crippen LogP contribution is 2.56. The smallest absolute Gasteiger partial charge is 0.240 e. The van der Waals surface area contributed by atoms with Gasteiger partial charge in [0.1, 0.15) is 17.7 Å². The molecule has 188 valence electrons. The molecule has 4 aliphatic rings. The third-order valence-corrected chi connectivity index (χ3v) is 8.09. The van der Waals surface area contributed by atoms with Gasteiger partial charge in [-0.1, -0.05) is 30.3 Å². The second-order valence-electron chi connectivity index (χ2n) is 10.2. The zero-order chi connectivity index (χ0) is 24.7. The summed E-state index contributed by atoms with van der Waals surface area (Å²) in [5, 5.41) is 2.92. The maximum absolute atomic E-state index is 14.4. The SMILES string of the molecule is O=C1CN2C(=O)[C@]3(CCN(C(=O)CN4CCCC4)[C@H]3c3cccc(c3)OCCCN1)c1ccccc12. The van der Waals surface area contributed by atoms with E-state index in [0.717, 1.165) is 42.7 Å². The van der Waals surface area contributed by atoms with Gasteiger partial charge in [0.05, 0.1) is 19.2 Å². The summed E-state index contributed by atoms with van der Waals surface area (Å²) in [7, 11) is 0. The molecule has 0 saturated carbocycles. The minimum absolute atomic E-state index is 0.0348. The molecule has 2 aromatic carbocycles. The zero-order valence-electron chi connectivity index (χ0n) is 20.4. The summed E-state index contributed by atoms with van der Waals surface area (Å²) in [6, 6.07) is 15.1. The molecule has 0 unspecified atom stereocenters. The molecular weight excluding hydrogens is 456 g/mol. The average molecular weight is 489 g/mol. The van der Waals surface area contributed by atoms with E-state index in [2.05, 4.69) is 10.2 Å². The molecule has 1 N–H and O–H groups in total. The number of para-hydroxylation sites is 1. The third kappa shape index (κ3) is 3.75. The molecule has 2 aromatic rings. The van der Waals surface area contributed by atoms with Crippen LogP contribution in [0.4, 0.5) is 5.69 Å². The molecule has 4 aliphatic heterocycles. The molecular formula is C28H32N4O4. The lowest BCUT2D eigenvalue weighted by molar-refractivity contribution is -0.135. The van der Waals surface area contributed by atoms with Crippen LogP contribution in [0.2, 0.25) is 0 Å². The van der Waals surface area contributed by atoms with Crippen LogP contribution < -0.4 is 15.0 Å². The highest BCUT2D eigenvalue weighted by Gasteiger charge is 2.61. The molecule has 2 atom stereocenters. The van der Waals surface area contributed by atoms with Crippen LogP contribution in [0.15, 0.2) is 48.5 Å². The predicted octanol–water partition coefficient (Wildman–Crippen LogP) is 2.24. The number of carbonyl (C=O) groups is 3. The molecule has 36 heavy (non-hydrogen) atoms. The Kier molecular flexibility index (Phi) is 5.91. The second-order valence-corrected chi connectivity index (χ2v) is 10.2. The summed E-state index contributed by atoms with van der Waals surface area (Å²) in [6.45, 7) is 3.64. The zero-order valence-corrected chi connectivity index (χ0v) is 20.4. The Morgan fingerprint density at radius 2 is 1.86 bits per heavy atom. The van der Waals surface area contributed by atoms with E-state index < -0.39 is 11.5 Å². The van der Waals surface area contributed by atoms with Gasteiger partial charge in [0.2, 0.25) is 17.7 Å². The molecule has 0 aliphatic carbocycles. The van der Waals surface area contributed by atoms with Crippen LogP contribution in [-0.4, -0.2) is 73.4 Å². The van der Waals surface area contributed by atoms with Crippen molar-refractivity contribution in [3.05, 3.63) is 59.7 Å². The molecule has 4 heterocycles. The Hall–Kier alpha value is -3.39. The lowest BCUT2D eigenvalue weighted by atomic mass is 9.72. The number of carbonyl (C=O) groups excluding carboxylic acids is 3. The van der Waals surface area contributed by atoms with Crippen molar-refractivity contribution in [2.45, 2.75) is 37.1 Å². The van der Waals surface area contributed by atoms with Crippen LogP contribution in [0.1, 0.15) is 42.9 Å². The molecule has 3 amide bonds. The van der Waals surface area contributed by atoms with Gasteiger partial charge in [-0.15, -0.1) is 0 Å². The minimum atomic E-state index is -0.944. The van der Waals surface area contributed by atoms with E-state index in [9.17, 15) is 14.4 Å². The maximum atomic E-state index is 14.4. The van der Waals surface area contributed by atoms with E-state index in [1.54, 1.807) is 4.90 Å². The second kappa shape index (κ2) is 9.24. The standard InChI is InChI=1S/C28H32N4O4/c33-24-18-32-23-10-2-1-9-22(23)28(27(32)35)11-15-31(25(34)19-30-13-3-4-14-30)26(28)20-7-5-8-21(17-20)36-16-6-12-29-24/h1-2,5,7-10,17,26H,3-4,6,11-16,18-19H2,(H,29,33)/t26-,28+/m0/s1. The van der Waals surface area contributed by atoms with Gasteiger partial charge >= 0.3 is 0 Å². The lowest BCUT2D eigenvalue weighted by Gasteiger charge is -2.36. The van der Waals surface area contributed by atoms with Crippen molar-refractivity contribution in [3.63, 3.8) is 0 Å². The topological polar surface area (TPSA) is 82.2 Å². The van der Waals surface area contributed by atoms with Crippen molar-refractivity contribution in [2.75, 3.05) is 50.8 Å². The minimum Gasteiger partial charge on any atom is -0.494 e. The largest absolute Gasteiger partial charge is 0.494 e. The summed E-state index contributed by atoms with van der Waals surface area (Å²) >= 11 is 0. The van der Waals surface area contributed by atoms with Crippen LogP contribution >= 0.6 is 0 Å². The van der Waals surface area contributed by atoms with Crippen LogP contribution in [-0.2, 0) is 19.8 Å². The average Bonchev–Trinajstić information content (AvgIpc) is 3.59. The van der Waals surface area contributed by atoms with Crippen LogP contribution in [0, 0.1) is 0 Å². The van der Waals surface area contributed by atoms with Gasteiger partial charge < -0.3 is 19.9 Å². The quantitative estimate of drug-likeness (QED) is 0.701. The number of likely N-dealkylation sites (tertiary alicyclic amines) is 2. The Morgan fingerprint density at radius 1 is 1.03 bits per heavy atom. The fourth-order valence-electron chi connectivity index (χ4n) is 6.46. The van der Waals surface area contributed by atoms with Crippen molar-refractivity contribution >= 4 is 23.4 Å². The number of amides is 3. The van der Waals surface area contributed by atoms with E-state index >= 15 is 0 Å². The van der Waals surface area contributed by atoms with E-state index in [0.29, 0.717) is 44.8 Å². The van der Waals surface area contributed by atoms with Crippen molar-refractivity contribution < 1.29 is 19.1 Å². The van der Waals surface area contributed by atoms with Gasteiger partial charge in [0, 0.05) is 18.8 Å². The lowest BCUT2D eigenvalue weighted by Crippen LogP contribution is -2.49. The number of hydrogen-bond donors (Lipinski definition) is 1. The van der Waals surface area contributed by atoms with E-state index in [-0.39, 0.29) is 24.3 Å². The predicted molar refractivity (Wildman–Crippen MR) is 135 cm³/mol.